The number of amides is 2. The summed E-state index contributed by atoms with van der Waals surface area (Å²) in [7, 11) is 0. The number of carbonyl (C=O) groups is 1. The van der Waals surface area contributed by atoms with Gasteiger partial charge in [-0.3, -0.25) is 0 Å². The fourth-order valence-electron chi connectivity index (χ4n) is 2.06. The van der Waals surface area contributed by atoms with Gasteiger partial charge in [0.1, 0.15) is 11.6 Å². The van der Waals surface area contributed by atoms with Crippen LogP contribution >= 0.6 is 11.3 Å². The highest BCUT2D eigenvalue weighted by Crippen LogP contribution is 2.32. The van der Waals surface area contributed by atoms with Crippen LogP contribution in [0.1, 0.15) is 13.8 Å². The molecule has 7 heteroatoms. The van der Waals surface area contributed by atoms with E-state index >= 15 is 0 Å². The summed E-state index contributed by atoms with van der Waals surface area (Å²) in [6, 6.07) is 11.2. The summed E-state index contributed by atoms with van der Waals surface area (Å²) in [6.45, 7) is 3.78. The number of hydrogen-bond acceptors (Lipinski definition) is 4. The molecule has 0 aliphatic rings. The van der Waals surface area contributed by atoms with Gasteiger partial charge in [0.05, 0.1) is 10.2 Å². The van der Waals surface area contributed by atoms with Gasteiger partial charge < -0.3 is 15.4 Å². The molecule has 3 aromatic rings. The Labute approximate surface area is 142 Å². The van der Waals surface area contributed by atoms with E-state index in [2.05, 4.69) is 15.6 Å². The maximum absolute atomic E-state index is 13.2. The second-order valence-corrected chi connectivity index (χ2v) is 6.46. The van der Waals surface area contributed by atoms with Crippen molar-refractivity contribution in [3.63, 3.8) is 0 Å². The molecule has 2 aromatic carbocycles. The number of halogens is 1. The first kappa shape index (κ1) is 16.2. The van der Waals surface area contributed by atoms with E-state index in [0.29, 0.717) is 22.1 Å². The van der Waals surface area contributed by atoms with E-state index in [1.165, 1.54) is 23.5 Å². The number of anilines is 1. The fourth-order valence-corrected chi connectivity index (χ4v) is 2.92. The van der Waals surface area contributed by atoms with Crippen molar-refractivity contribution in [2.45, 2.75) is 19.9 Å². The van der Waals surface area contributed by atoms with E-state index < -0.39 is 0 Å². The molecule has 0 bridgehead atoms. The monoisotopic (exact) mass is 345 g/mol. The summed E-state index contributed by atoms with van der Waals surface area (Å²) in [5.74, 6) is 0.289. The van der Waals surface area contributed by atoms with Gasteiger partial charge in [-0.05, 0) is 56.3 Å². The summed E-state index contributed by atoms with van der Waals surface area (Å²) in [5, 5.41) is 5.92. The molecule has 1 heterocycles. The predicted molar refractivity (Wildman–Crippen MR) is 93.4 cm³/mol. The largest absolute Gasteiger partial charge is 0.431 e. The Kier molecular flexibility index (Phi) is 4.61. The van der Waals surface area contributed by atoms with Crippen molar-refractivity contribution in [3.05, 3.63) is 48.3 Å². The lowest BCUT2D eigenvalue weighted by Gasteiger charge is -2.10. The number of aromatic nitrogens is 1. The van der Waals surface area contributed by atoms with Crippen LogP contribution in [-0.2, 0) is 0 Å². The highest BCUT2D eigenvalue weighted by Gasteiger charge is 2.08. The summed E-state index contributed by atoms with van der Waals surface area (Å²) >= 11 is 1.27. The number of fused-ring (bicyclic) bond motifs is 1. The molecule has 24 heavy (non-hydrogen) atoms. The van der Waals surface area contributed by atoms with Crippen molar-refractivity contribution in [2.24, 2.45) is 0 Å². The van der Waals surface area contributed by atoms with Crippen molar-refractivity contribution in [3.8, 4) is 10.9 Å². The van der Waals surface area contributed by atoms with E-state index in [0.717, 1.165) is 4.70 Å². The molecule has 3 rings (SSSR count). The molecule has 0 aliphatic carbocycles. The normalized spacial score (nSPS) is 10.8. The number of urea groups is 1. The zero-order chi connectivity index (χ0) is 17.1. The first-order valence-electron chi connectivity index (χ1n) is 7.41. The fraction of sp³-hybridized carbons (Fsp3) is 0.176. The molecule has 1 aromatic heterocycles. The molecule has 0 atom stereocenters. The van der Waals surface area contributed by atoms with Gasteiger partial charge in [0.15, 0.2) is 0 Å². The van der Waals surface area contributed by atoms with Gasteiger partial charge in [-0.25, -0.2) is 14.2 Å². The van der Waals surface area contributed by atoms with E-state index in [4.69, 9.17) is 4.74 Å². The molecule has 0 unspecified atom stereocenters. The van der Waals surface area contributed by atoms with Gasteiger partial charge in [-0.1, -0.05) is 11.3 Å². The maximum atomic E-state index is 13.2. The second kappa shape index (κ2) is 6.84. The van der Waals surface area contributed by atoms with E-state index in [9.17, 15) is 9.18 Å². The Bertz CT molecular complexity index is 862. The van der Waals surface area contributed by atoms with Crippen LogP contribution in [-0.4, -0.2) is 17.1 Å². The SMILES string of the molecule is CC(C)NC(=O)Nc1ccc(Oc2nc3ccc(F)cc3s2)cc1. The Morgan fingerprint density at radius 2 is 1.96 bits per heavy atom. The summed E-state index contributed by atoms with van der Waals surface area (Å²) in [6.07, 6.45) is 0. The number of nitrogens with zero attached hydrogens (tertiary/aromatic N) is 1. The van der Waals surface area contributed by atoms with Crippen molar-refractivity contribution in [1.29, 1.82) is 0 Å². The number of carbonyl (C=O) groups excluding carboxylic acids is 1. The Morgan fingerprint density at radius 1 is 1.21 bits per heavy atom. The molecule has 2 amide bonds. The molecule has 0 saturated heterocycles. The molecule has 0 spiro atoms. The number of hydrogen-bond donors (Lipinski definition) is 2. The number of benzene rings is 2. The quantitative estimate of drug-likeness (QED) is 0.717. The van der Waals surface area contributed by atoms with Crippen LogP contribution in [0.15, 0.2) is 42.5 Å². The van der Waals surface area contributed by atoms with Gasteiger partial charge in [-0.2, -0.15) is 0 Å². The minimum atomic E-state index is -0.298. The molecule has 0 saturated carbocycles. The number of rotatable bonds is 4. The third-order valence-electron chi connectivity index (χ3n) is 3.07. The third kappa shape index (κ3) is 3.99. The van der Waals surface area contributed by atoms with Crippen molar-refractivity contribution >= 4 is 33.3 Å². The van der Waals surface area contributed by atoms with E-state index in [1.807, 2.05) is 13.8 Å². The molecular formula is C17H16FN3O2S. The molecule has 124 valence electrons. The highest BCUT2D eigenvalue weighted by molar-refractivity contribution is 7.20. The predicted octanol–water partition coefficient (Wildman–Crippen LogP) is 4.76. The highest BCUT2D eigenvalue weighted by atomic mass is 32.1. The average Bonchev–Trinajstić information content (AvgIpc) is 2.89. The Morgan fingerprint density at radius 3 is 2.67 bits per heavy atom. The third-order valence-corrected chi connectivity index (χ3v) is 3.96. The second-order valence-electron chi connectivity index (χ2n) is 5.47. The van der Waals surface area contributed by atoms with Crippen LogP contribution in [0.2, 0.25) is 0 Å². The van der Waals surface area contributed by atoms with Gasteiger partial charge in [-0.15, -0.1) is 0 Å². The minimum Gasteiger partial charge on any atom is -0.431 e. The zero-order valence-electron chi connectivity index (χ0n) is 13.2. The van der Waals surface area contributed by atoms with Gasteiger partial charge in [0.2, 0.25) is 0 Å². The number of nitrogens with one attached hydrogen (secondary N) is 2. The van der Waals surface area contributed by atoms with Crippen LogP contribution in [0.5, 0.6) is 10.9 Å². The van der Waals surface area contributed by atoms with Crippen molar-refractivity contribution < 1.29 is 13.9 Å². The zero-order valence-corrected chi connectivity index (χ0v) is 14.0. The smallest absolute Gasteiger partial charge is 0.319 e. The Balaban J connectivity index is 1.67. The van der Waals surface area contributed by atoms with Gasteiger partial charge >= 0.3 is 6.03 Å². The maximum Gasteiger partial charge on any atom is 0.319 e. The molecule has 0 radical (unpaired) electrons. The van der Waals surface area contributed by atoms with Crippen molar-refractivity contribution in [1.82, 2.24) is 10.3 Å². The first-order chi connectivity index (χ1) is 11.5. The van der Waals surface area contributed by atoms with Crippen LogP contribution in [0.4, 0.5) is 14.9 Å². The van der Waals surface area contributed by atoms with Crippen LogP contribution in [0.3, 0.4) is 0 Å². The molecule has 0 fully saturated rings. The molecular weight excluding hydrogens is 329 g/mol. The molecule has 0 aliphatic heterocycles. The summed E-state index contributed by atoms with van der Waals surface area (Å²) in [4.78, 5) is 15.9. The average molecular weight is 345 g/mol. The van der Waals surface area contributed by atoms with E-state index in [-0.39, 0.29) is 17.9 Å². The lowest BCUT2D eigenvalue weighted by atomic mass is 10.3. The molecule has 2 N–H and O–H groups in total. The topological polar surface area (TPSA) is 63.2 Å². The van der Waals surface area contributed by atoms with Crippen LogP contribution in [0, 0.1) is 5.82 Å². The number of ether oxygens (including phenoxy) is 1. The minimum absolute atomic E-state index is 0.0662. The van der Waals surface area contributed by atoms with Crippen LogP contribution < -0.4 is 15.4 Å². The summed E-state index contributed by atoms with van der Waals surface area (Å²) in [5.41, 5.74) is 1.35. The molecule has 5 nitrogen and oxygen atoms in total. The first-order valence-corrected chi connectivity index (χ1v) is 8.23. The van der Waals surface area contributed by atoms with Gasteiger partial charge in [0.25, 0.3) is 5.19 Å². The van der Waals surface area contributed by atoms with Gasteiger partial charge in [0, 0.05) is 11.7 Å². The van der Waals surface area contributed by atoms with E-state index in [1.54, 1.807) is 30.3 Å². The number of thiazole rings is 1. The summed E-state index contributed by atoms with van der Waals surface area (Å²) < 4.78 is 19.6. The lowest BCUT2D eigenvalue weighted by molar-refractivity contribution is 0.250. The Hall–Kier alpha value is -2.67. The standard InChI is InChI=1S/C17H16FN3O2S/c1-10(2)19-16(22)20-12-4-6-13(7-5-12)23-17-21-14-8-3-11(18)9-15(14)24-17/h3-10H,1-2H3,(H2,19,20,22). The van der Waals surface area contributed by atoms with Crippen LogP contribution in [0.25, 0.3) is 10.2 Å². The lowest BCUT2D eigenvalue weighted by Crippen LogP contribution is -2.34. The van der Waals surface area contributed by atoms with Crippen molar-refractivity contribution in [2.75, 3.05) is 5.32 Å².